The van der Waals surface area contributed by atoms with Gasteiger partial charge in [-0.2, -0.15) is 5.10 Å². The maximum absolute atomic E-state index is 5.89. The quantitative estimate of drug-likeness (QED) is 0.874. The first-order valence-electron chi connectivity index (χ1n) is 5.20. The summed E-state index contributed by atoms with van der Waals surface area (Å²) < 4.78 is 0. The zero-order valence-electron chi connectivity index (χ0n) is 9.82. The van der Waals surface area contributed by atoms with Crippen LogP contribution in [0.3, 0.4) is 0 Å². The van der Waals surface area contributed by atoms with Crippen molar-refractivity contribution in [1.82, 2.24) is 25.4 Å². The van der Waals surface area contributed by atoms with Crippen molar-refractivity contribution in [3.8, 4) is 0 Å². The maximum atomic E-state index is 5.89. The Morgan fingerprint density at radius 2 is 2.06 bits per heavy atom. The molecule has 0 saturated carbocycles. The molecule has 6 nitrogen and oxygen atoms in total. The number of hydrogen-bond donors (Lipinski definition) is 2. The first-order valence-corrected chi connectivity index (χ1v) is 5.58. The summed E-state index contributed by atoms with van der Waals surface area (Å²) in [4.78, 5) is 4.08. The van der Waals surface area contributed by atoms with Gasteiger partial charge in [0.2, 0.25) is 0 Å². The molecule has 0 aliphatic heterocycles. The second-order valence-electron chi connectivity index (χ2n) is 3.83. The lowest BCUT2D eigenvalue weighted by molar-refractivity contribution is 0.781. The Hall–Kier alpha value is -1.69. The Bertz CT molecular complexity index is 510. The third kappa shape index (κ3) is 2.36. The smallest absolute Gasteiger partial charge is 0.155 e. The van der Waals surface area contributed by atoms with E-state index >= 15 is 0 Å². The number of hydrogen-bond acceptors (Lipinski definition) is 5. The van der Waals surface area contributed by atoms with Crippen molar-refractivity contribution in [1.29, 1.82) is 0 Å². The SMILES string of the molecule is Cc1c(Cl)nnc(NC(C)c2ncn[nH]2)c1C. The lowest BCUT2D eigenvalue weighted by Gasteiger charge is -2.14. The van der Waals surface area contributed by atoms with Crippen molar-refractivity contribution in [2.75, 3.05) is 5.32 Å². The van der Waals surface area contributed by atoms with Gasteiger partial charge in [0.05, 0.1) is 6.04 Å². The van der Waals surface area contributed by atoms with Crippen LogP contribution < -0.4 is 5.32 Å². The molecule has 2 N–H and O–H groups in total. The van der Waals surface area contributed by atoms with Crippen molar-refractivity contribution in [3.05, 3.63) is 28.4 Å². The zero-order valence-corrected chi connectivity index (χ0v) is 10.6. The number of halogens is 1. The summed E-state index contributed by atoms with van der Waals surface area (Å²) in [5, 5.41) is 18.2. The minimum absolute atomic E-state index is 0.0222. The predicted octanol–water partition coefficient (Wildman–Crippen LogP) is 2.04. The van der Waals surface area contributed by atoms with E-state index in [0.29, 0.717) is 11.0 Å². The van der Waals surface area contributed by atoms with Crippen molar-refractivity contribution < 1.29 is 0 Å². The van der Waals surface area contributed by atoms with Crippen LogP contribution in [-0.4, -0.2) is 25.4 Å². The molecule has 1 unspecified atom stereocenters. The van der Waals surface area contributed by atoms with Crippen LogP contribution in [0.15, 0.2) is 6.33 Å². The first kappa shape index (κ1) is 11.8. The van der Waals surface area contributed by atoms with Crippen molar-refractivity contribution in [2.24, 2.45) is 0 Å². The maximum Gasteiger partial charge on any atom is 0.155 e. The van der Waals surface area contributed by atoms with Crippen LogP contribution in [0.4, 0.5) is 5.82 Å². The Morgan fingerprint density at radius 1 is 1.29 bits per heavy atom. The zero-order chi connectivity index (χ0) is 12.4. The van der Waals surface area contributed by atoms with E-state index in [1.54, 1.807) is 0 Å². The van der Waals surface area contributed by atoms with E-state index < -0.39 is 0 Å². The number of aromatic amines is 1. The molecule has 0 fully saturated rings. The van der Waals surface area contributed by atoms with Crippen LogP contribution in [0, 0.1) is 13.8 Å². The molecule has 0 aliphatic rings. The molecule has 1 atom stereocenters. The summed E-state index contributed by atoms with van der Waals surface area (Å²) in [5.41, 5.74) is 1.91. The fourth-order valence-corrected chi connectivity index (χ4v) is 1.59. The summed E-state index contributed by atoms with van der Waals surface area (Å²) in [6.45, 7) is 5.83. The summed E-state index contributed by atoms with van der Waals surface area (Å²) in [6.07, 6.45) is 1.47. The Labute approximate surface area is 104 Å². The molecular formula is C10H13ClN6. The van der Waals surface area contributed by atoms with Gasteiger partial charge in [-0.05, 0) is 31.9 Å². The third-order valence-electron chi connectivity index (χ3n) is 2.66. The monoisotopic (exact) mass is 252 g/mol. The Balaban J connectivity index is 2.22. The van der Waals surface area contributed by atoms with Gasteiger partial charge in [0.25, 0.3) is 0 Å². The van der Waals surface area contributed by atoms with Crippen LogP contribution in [0.2, 0.25) is 5.15 Å². The minimum atomic E-state index is -0.0222. The van der Waals surface area contributed by atoms with E-state index in [2.05, 4.69) is 30.7 Å². The van der Waals surface area contributed by atoms with Gasteiger partial charge in [-0.1, -0.05) is 11.6 Å². The number of nitrogens with one attached hydrogen (secondary N) is 2. The lowest BCUT2D eigenvalue weighted by Crippen LogP contribution is -2.12. The molecule has 2 rings (SSSR count). The molecule has 0 radical (unpaired) electrons. The van der Waals surface area contributed by atoms with Gasteiger partial charge >= 0.3 is 0 Å². The topological polar surface area (TPSA) is 79.4 Å². The summed E-state index contributed by atoms with van der Waals surface area (Å²) in [7, 11) is 0. The fraction of sp³-hybridized carbons (Fsp3) is 0.400. The second-order valence-corrected chi connectivity index (χ2v) is 4.18. The van der Waals surface area contributed by atoms with Gasteiger partial charge in [0.1, 0.15) is 12.2 Å². The van der Waals surface area contributed by atoms with Gasteiger partial charge in [0, 0.05) is 0 Å². The van der Waals surface area contributed by atoms with E-state index in [1.807, 2.05) is 20.8 Å². The molecule has 90 valence electrons. The van der Waals surface area contributed by atoms with Gasteiger partial charge in [0.15, 0.2) is 11.0 Å². The highest BCUT2D eigenvalue weighted by Gasteiger charge is 2.13. The van der Waals surface area contributed by atoms with E-state index in [1.165, 1.54) is 6.33 Å². The van der Waals surface area contributed by atoms with E-state index in [4.69, 9.17) is 11.6 Å². The molecule has 0 spiro atoms. The van der Waals surface area contributed by atoms with Crippen molar-refractivity contribution >= 4 is 17.4 Å². The van der Waals surface area contributed by atoms with Crippen LogP contribution in [-0.2, 0) is 0 Å². The molecule has 0 aliphatic carbocycles. The number of H-pyrrole nitrogens is 1. The molecule has 17 heavy (non-hydrogen) atoms. The standard InChI is InChI=1S/C10H13ClN6/c1-5-6(2)9(17-15-8(5)11)14-7(3)10-12-4-13-16-10/h4,7H,1-3H3,(H,14,17)(H,12,13,16). The van der Waals surface area contributed by atoms with Crippen LogP contribution in [0.5, 0.6) is 0 Å². The van der Waals surface area contributed by atoms with Crippen LogP contribution >= 0.6 is 11.6 Å². The molecular weight excluding hydrogens is 240 g/mol. The van der Waals surface area contributed by atoms with Crippen LogP contribution in [0.25, 0.3) is 0 Å². The molecule has 0 amide bonds. The molecule has 2 heterocycles. The highest BCUT2D eigenvalue weighted by atomic mass is 35.5. The summed E-state index contributed by atoms with van der Waals surface area (Å²) >= 11 is 5.89. The molecule has 2 aromatic heterocycles. The fourth-order valence-electron chi connectivity index (χ4n) is 1.41. The highest BCUT2D eigenvalue weighted by molar-refractivity contribution is 6.30. The number of nitrogens with zero attached hydrogens (tertiary/aromatic N) is 4. The highest BCUT2D eigenvalue weighted by Crippen LogP contribution is 2.23. The predicted molar refractivity (Wildman–Crippen MR) is 64.9 cm³/mol. The number of anilines is 1. The molecule has 0 saturated heterocycles. The number of aromatic nitrogens is 5. The largest absolute Gasteiger partial charge is 0.359 e. The van der Waals surface area contributed by atoms with Gasteiger partial charge in [-0.15, -0.1) is 10.2 Å². The molecule has 0 aromatic carbocycles. The van der Waals surface area contributed by atoms with Gasteiger partial charge < -0.3 is 5.32 Å². The molecule has 7 heteroatoms. The third-order valence-corrected chi connectivity index (χ3v) is 3.02. The van der Waals surface area contributed by atoms with Gasteiger partial charge in [-0.25, -0.2) is 4.98 Å². The summed E-state index contributed by atoms with van der Waals surface area (Å²) in [5.74, 6) is 1.45. The molecule has 2 aromatic rings. The normalized spacial score (nSPS) is 12.5. The average molecular weight is 253 g/mol. The first-order chi connectivity index (χ1) is 8.09. The van der Waals surface area contributed by atoms with Crippen molar-refractivity contribution in [2.45, 2.75) is 26.8 Å². The summed E-state index contributed by atoms with van der Waals surface area (Å²) in [6, 6.07) is -0.0222. The Kier molecular flexibility index (Phi) is 3.23. The van der Waals surface area contributed by atoms with E-state index in [-0.39, 0.29) is 6.04 Å². The van der Waals surface area contributed by atoms with Gasteiger partial charge in [-0.3, -0.25) is 5.10 Å². The van der Waals surface area contributed by atoms with E-state index in [9.17, 15) is 0 Å². The number of rotatable bonds is 3. The van der Waals surface area contributed by atoms with Crippen LogP contribution in [0.1, 0.15) is 29.9 Å². The Morgan fingerprint density at radius 3 is 2.71 bits per heavy atom. The molecule has 0 bridgehead atoms. The second kappa shape index (κ2) is 4.67. The van der Waals surface area contributed by atoms with E-state index in [0.717, 1.165) is 17.0 Å². The average Bonchev–Trinajstić information content (AvgIpc) is 2.83. The minimum Gasteiger partial charge on any atom is -0.359 e. The lowest BCUT2D eigenvalue weighted by atomic mass is 10.2. The van der Waals surface area contributed by atoms with Crippen molar-refractivity contribution in [3.63, 3.8) is 0 Å².